The van der Waals surface area contributed by atoms with Crippen molar-refractivity contribution in [3.63, 3.8) is 0 Å². The van der Waals surface area contributed by atoms with E-state index in [4.69, 9.17) is 23.8 Å². The van der Waals surface area contributed by atoms with E-state index in [1.54, 1.807) is 0 Å². The molecule has 5 heteroatoms. The maximum Gasteiger partial charge on any atom is 0.191 e. The molecule has 0 aromatic heterocycles. The van der Waals surface area contributed by atoms with Crippen LogP contribution in [0.1, 0.15) is 38.2 Å². The lowest BCUT2D eigenvalue weighted by Crippen LogP contribution is -2.26. The summed E-state index contributed by atoms with van der Waals surface area (Å²) < 4.78 is 0. The number of hydrazone groups is 1. The van der Waals surface area contributed by atoms with Gasteiger partial charge in [0, 0.05) is 16.4 Å². The van der Waals surface area contributed by atoms with Gasteiger partial charge in [0.2, 0.25) is 0 Å². The van der Waals surface area contributed by atoms with Crippen LogP contribution >= 0.6 is 23.8 Å². The molecule has 1 aliphatic rings. The van der Waals surface area contributed by atoms with Crippen molar-refractivity contribution >= 4 is 40.3 Å². The van der Waals surface area contributed by atoms with E-state index in [2.05, 4.69) is 22.8 Å². The predicted molar refractivity (Wildman–Crippen MR) is 90.6 cm³/mol. The summed E-state index contributed by atoms with van der Waals surface area (Å²) >= 11 is 11.3. The molecule has 0 spiro atoms. The van der Waals surface area contributed by atoms with Gasteiger partial charge in [-0.25, -0.2) is 0 Å². The van der Waals surface area contributed by atoms with Crippen LogP contribution < -0.4 is 10.7 Å². The van der Waals surface area contributed by atoms with Crippen molar-refractivity contribution < 1.29 is 0 Å². The summed E-state index contributed by atoms with van der Waals surface area (Å²) in [6.45, 7) is 4.25. The largest absolute Gasteiger partial charge is 0.331 e. The molecular formula is C15H20ClN3S. The predicted octanol–water partition coefficient (Wildman–Crippen LogP) is 4.50. The van der Waals surface area contributed by atoms with Crippen LogP contribution in [0.15, 0.2) is 23.3 Å². The van der Waals surface area contributed by atoms with Gasteiger partial charge in [0.25, 0.3) is 0 Å². The number of hydrogen-bond acceptors (Lipinski definition) is 2. The number of benzene rings is 1. The van der Waals surface area contributed by atoms with Gasteiger partial charge in [0.15, 0.2) is 5.11 Å². The minimum atomic E-state index is 0.501. The maximum absolute atomic E-state index is 6.08. The average molecular weight is 310 g/mol. The van der Waals surface area contributed by atoms with Crippen molar-refractivity contribution in [2.24, 2.45) is 11.0 Å². The normalized spacial score (nSPS) is 18.6. The Hall–Kier alpha value is -1.13. The Morgan fingerprint density at radius 1 is 1.35 bits per heavy atom. The Morgan fingerprint density at radius 2 is 2.05 bits per heavy atom. The minimum Gasteiger partial charge on any atom is -0.331 e. The van der Waals surface area contributed by atoms with Crippen LogP contribution in [-0.4, -0.2) is 10.8 Å². The van der Waals surface area contributed by atoms with E-state index in [1.807, 2.05) is 25.1 Å². The van der Waals surface area contributed by atoms with Crippen molar-refractivity contribution in [2.45, 2.75) is 39.5 Å². The minimum absolute atomic E-state index is 0.501. The Bertz CT molecular complexity index is 518. The van der Waals surface area contributed by atoms with Gasteiger partial charge in [0.1, 0.15) is 0 Å². The standard InChI is InChI=1S/C15H20ClN3S/c1-10-6-8-12(9-7-10)18-19-15(20)17-14-5-3-4-13(16)11(14)2/h3-5,10H,6-9H2,1-2H3,(H2,17,19,20). The number of hydrogen-bond donors (Lipinski definition) is 2. The lowest BCUT2D eigenvalue weighted by molar-refractivity contribution is 0.482. The molecule has 3 nitrogen and oxygen atoms in total. The van der Waals surface area contributed by atoms with Gasteiger partial charge in [-0.2, -0.15) is 5.10 Å². The Kier molecular flexibility index (Phi) is 5.38. The van der Waals surface area contributed by atoms with Gasteiger partial charge in [-0.1, -0.05) is 24.6 Å². The van der Waals surface area contributed by atoms with Crippen LogP contribution in [0.5, 0.6) is 0 Å². The van der Waals surface area contributed by atoms with Gasteiger partial charge in [0.05, 0.1) is 0 Å². The first-order valence-corrected chi connectivity index (χ1v) is 7.72. The van der Waals surface area contributed by atoms with Gasteiger partial charge < -0.3 is 5.32 Å². The highest BCUT2D eigenvalue weighted by Crippen LogP contribution is 2.23. The molecule has 1 aromatic rings. The van der Waals surface area contributed by atoms with Crippen LogP contribution in [0.3, 0.4) is 0 Å². The van der Waals surface area contributed by atoms with Gasteiger partial charge >= 0.3 is 0 Å². The Morgan fingerprint density at radius 3 is 2.75 bits per heavy atom. The summed E-state index contributed by atoms with van der Waals surface area (Å²) in [5.74, 6) is 0.813. The smallest absolute Gasteiger partial charge is 0.191 e. The molecule has 0 atom stereocenters. The van der Waals surface area contributed by atoms with Crippen LogP contribution in [0.4, 0.5) is 5.69 Å². The molecule has 2 N–H and O–H groups in total. The van der Waals surface area contributed by atoms with E-state index < -0.39 is 0 Å². The second-order valence-corrected chi connectivity index (χ2v) is 6.15. The monoisotopic (exact) mass is 309 g/mol. The van der Waals surface area contributed by atoms with Crippen molar-refractivity contribution in [3.8, 4) is 0 Å². The van der Waals surface area contributed by atoms with Gasteiger partial charge in [-0.3, -0.25) is 5.43 Å². The zero-order valence-corrected chi connectivity index (χ0v) is 13.4. The van der Waals surface area contributed by atoms with Gasteiger partial charge in [-0.05, 0) is 68.4 Å². The van der Waals surface area contributed by atoms with Crippen LogP contribution in [0.25, 0.3) is 0 Å². The van der Waals surface area contributed by atoms with Crippen molar-refractivity contribution in [3.05, 3.63) is 28.8 Å². The summed E-state index contributed by atoms with van der Waals surface area (Å²) in [5.41, 5.74) is 6.02. The molecule has 0 unspecified atom stereocenters. The molecule has 0 radical (unpaired) electrons. The molecule has 1 saturated carbocycles. The molecule has 0 bridgehead atoms. The number of rotatable bonds is 2. The lowest BCUT2D eigenvalue weighted by atomic mass is 9.90. The molecule has 1 aliphatic carbocycles. The fraction of sp³-hybridized carbons (Fsp3) is 0.467. The summed E-state index contributed by atoms with van der Waals surface area (Å²) in [5, 5.41) is 8.75. The third kappa shape index (κ3) is 4.18. The second-order valence-electron chi connectivity index (χ2n) is 5.34. The average Bonchev–Trinajstić information content (AvgIpc) is 2.43. The summed E-state index contributed by atoms with van der Waals surface area (Å²) in [4.78, 5) is 0. The molecular weight excluding hydrogens is 290 g/mol. The first-order valence-electron chi connectivity index (χ1n) is 6.94. The lowest BCUT2D eigenvalue weighted by Gasteiger charge is -2.19. The zero-order valence-electron chi connectivity index (χ0n) is 11.9. The van der Waals surface area contributed by atoms with Crippen LogP contribution in [0, 0.1) is 12.8 Å². The Labute approximate surface area is 130 Å². The fourth-order valence-corrected chi connectivity index (χ4v) is 2.56. The SMILES string of the molecule is Cc1c(Cl)cccc1NC(=S)NN=C1CCC(C)CC1. The first kappa shape index (κ1) is 15.3. The third-order valence-electron chi connectivity index (χ3n) is 3.68. The van der Waals surface area contributed by atoms with E-state index in [1.165, 1.54) is 18.6 Å². The molecule has 1 aromatic carbocycles. The van der Waals surface area contributed by atoms with Crippen molar-refractivity contribution in [2.75, 3.05) is 5.32 Å². The van der Waals surface area contributed by atoms with E-state index in [9.17, 15) is 0 Å². The summed E-state index contributed by atoms with van der Waals surface area (Å²) in [6.07, 6.45) is 4.56. The van der Waals surface area contributed by atoms with Crippen LogP contribution in [-0.2, 0) is 0 Å². The topological polar surface area (TPSA) is 36.4 Å². The quantitative estimate of drug-likeness (QED) is 0.624. The molecule has 1 fully saturated rings. The van der Waals surface area contributed by atoms with Gasteiger partial charge in [-0.15, -0.1) is 0 Å². The van der Waals surface area contributed by atoms with E-state index in [0.717, 1.165) is 35.0 Å². The highest BCUT2D eigenvalue weighted by molar-refractivity contribution is 7.80. The molecule has 0 heterocycles. The highest BCUT2D eigenvalue weighted by atomic mass is 35.5. The summed E-state index contributed by atoms with van der Waals surface area (Å²) in [7, 11) is 0. The van der Waals surface area contributed by atoms with Crippen molar-refractivity contribution in [1.82, 2.24) is 5.43 Å². The van der Waals surface area contributed by atoms with Crippen LogP contribution in [0.2, 0.25) is 5.02 Å². The molecule has 0 saturated heterocycles. The molecule has 20 heavy (non-hydrogen) atoms. The number of halogens is 1. The highest BCUT2D eigenvalue weighted by Gasteiger charge is 2.13. The molecule has 2 rings (SSSR count). The second kappa shape index (κ2) is 7.04. The maximum atomic E-state index is 6.08. The number of thiocarbonyl (C=S) groups is 1. The summed E-state index contributed by atoms with van der Waals surface area (Å²) in [6, 6.07) is 5.71. The third-order valence-corrected chi connectivity index (χ3v) is 4.29. The van der Waals surface area contributed by atoms with Crippen molar-refractivity contribution in [1.29, 1.82) is 0 Å². The number of anilines is 1. The zero-order chi connectivity index (χ0) is 14.5. The number of nitrogens with zero attached hydrogens (tertiary/aromatic N) is 1. The molecule has 0 amide bonds. The van der Waals surface area contributed by atoms with E-state index in [-0.39, 0.29) is 0 Å². The van der Waals surface area contributed by atoms with E-state index in [0.29, 0.717) is 5.11 Å². The molecule has 0 aliphatic heterocycles. The number of nitrogens with one attached hydrogen (secondary N) is 2. The fourth-order valence-electron chi connectivity index (χ4n) is 2.23. The molecule has 108 valence electrons. The first-order chi connectivity index (χ1) is 9.56. The van der Waals surface area contributed by atoms with E-state index >= 15 is 0 Å². The Balaban J connectivity index is 1.90.